The lowest BCUT2D eigenvalue weighted by Crippen LogP contribution is -2.33. The van der Waals surface area contributed by atoms with E-state index in [0.717, 1.165) is 12.0 Å². The molecule has 10 nitrogen and oxygen atoms in total. The minimum Gasteiger partial charge on any atom is -0.457 e. The second kappa shape index (κ2) is 13.8. The van der Waals surface area contributed by atoms with Crippen LogP contribution in [-0.2, 0) is 11.8 Å². The average molecular weight is 616 g/mol. The van der Waals surface area contributed by atoms with Gasteiger partial charge in [0.05, 0.1) is 23.4 Å². The molecule has 0 radical (unpaired) electrons. The fourth-order valence-corrected chi connectivity index (χ4v) is 4.74. The first kappa shape index (κ1) is 31.5. The third-order valence-corrected chi connectivity index (χ3v) is 7.37. The lowest BCUT2D eigenvalue weighted by atomic mass is 10.2. The van der Waals surface area contributed by atoms with E-state index in [1.807, 2.05) is 80.2 Å². The highest BCUT2D eigenvalue weighted by atomic mass is 16.5. The molecule has 1 aromatic heterocycles. The highest BCUT2D eigenvalue weighted by molar-refractivity contribution is 6.36. The molecule has 2 N–H and O–H groups in total. The van der Waals surface area contributed by atoms with Gasteiger partial charge in [0.2, 0.25) is 0 Å². The van der Waals surface area contributed by atoms with Gasteiger partial charge in [-0.3, -0.25) is 9.69 Å². The molecule has 10 heteroatoms. The largest absolute Gasteiger partial charge is 0.457 e. The third-order valence-electron chi connectivity index (χ3n) is 7.37. The summed E-state index contributed by atoms with van der Waals surface area (Å²) < 4.78 is 7.77. The summed E-state index contributed by atoms with van der Waals surface area (Å²) in [6.07, 6.45) is 9.16. The Balaban J connectivity index is 1.50. The number of hydrogen-bond acceptors (Lipinski definition) is 6. The molecule has 1 aliphatic rings. The van der Waals surface area contributed by atoms with Crippen molar-refractivity contribution in [3.05, 3.63) is 126 Å². The normalized spacial score (nSPS) is 15.6. The van der Waals surface area contributed by atoms with Crippen molar-refractivity contribution in [3.8, 4) is 11.5 Å². The molecule has 0 bridgehead atoms. The highest BCUT2D eigenvalue weighted by Crippen LogP contribution is 2.36. The van der Waals surface area contributed by atoms with Crippen LogP contribution in [0.15, 0.2) is 126 Å². The van der Waals surface area contributed by atoms with Crippen LogP contribution in [0.2, 0.25) is 0 Å². The second-order valence-electron chi connectivity index (χ2n) is 10.9. The average Bonchev–Trinajstić information content (AvgIpc) is 3.62. The Kier molecular flexibility index (Phi) is 9.47. The number of allylic oxidation sites excluding steroid dienone is 2. The summed E-state index contributed by atoms with van der Waals surface area (Å²) in [6, 6.07) is 23.5. The summed E-state index contributed by atoms with van der Waals surface area (Å²) >= 11 is 0. The number of anilines is 3. The van der Waals surface area contributed by atoms with Crippen LogP contribution in [-0.4, -0.2) is 34.4 Å². The van der Waals surface area contributed by atoms with E-state index in [9.17, 15) is 9.59 Å². The van der Waals surface area contributed by atoms with Crippen LogP contribution < -0.4 is 25.2 Å². The zero-order valence-corrected chi connectivity index (χ0v) is 26.6. The SMILES string of the molecule is CC/C(C)=C/N=C1/C(=C(\C)N)N(c2ccc(Oc3ccccc3)cc2)C(=O)N1c1cccc(N(C)C(=O)/C=C/c2cn(C)cn2)c1. The fourth-order valence-electron chi connectivity index (χ4n) is 4.74. The van der Waals surface area contributed by atoms with Crippen molar-refractivity contribution in [2.24, 2.45) is 17.8 Å². The first-order valence-electron chi connectivity index (χ1n) is 14.9. The van der Waals surface area contributed by atoms with Gasteiger partial charge in [0, 0.05) is 44.0 Å². The van der Waals surface area contributed by atoms with Crippen molar-refractivity contribution in [1.82, 2.24) is 9.55 Å². The Hall–Kier alpha value is -5.90. The quantitative estimate of drug-likeness (QED) is 0.200. The number of imidazole rings is 1. The molecule has 0 saturated carbocycles. The van der Waals surface area contributed by atoms with E-state index in [0.29, 0.717) is 51.5 Å². The smallest absolute Gasteiger partial charge is 0.339 e. The monoisotopic (exact) mass is 615 g/mol. The summed E-state index contributed by atoms with van der Waals surface area (Å²) in [7, 11) is 3.54. The summed E-state index contributed by atoms with van der Waals surface area (Å²) in [6.45, 7) is 5.76. The molecule has 46 heavy (non-hydrogen) atoms. The van der Waals surface area contributed by atoms with Crippen molar-refractivity contribution in [1.29, 1.82) is 0 Å². The van der Waals surface area contributed by atoms with Gasteiger partial charge in [0.15, 0.2) is 5.84 Å². The van der Waals surface area contributed by atoms with Crippen molar-refractivity contribution in [2.45, 2.75) is 27.2 Å². The molecule has 0 spiro atoms. The van der Waals surface area contributed by atoms with Crippen LogP contribution in [0, 0.1) is 0 Å². The fraction of sp³-hybridized carbons (Fsp3) is 0.167. The molecule has 5 rings (SSSR count). The number of aryl methyl sites for hydroxylation is 1. The number of benzene rings is 3. The van der Waals surface area contributed by atoms with Crippen LogP contribution in [0.5, 0.6) is 11.5 Å². The van der Waals surface area contributed by atoms with Crippen LogP contribution in [0.25, 0.3) is 6.08 Å². The summed E-state index contributed by atoms with van der Waals surface area (Å²) in [5.41, 5.74) is 10.8. The molecule has 3 amide bonds. The Labute approximate surface area is 269 Å². The molecule has 3 aromatic carbocycles. The number of likely N-dealkylation sites (N-methyl/N-ethyl adjacent to an activating group) is 1. The Morgan fingerprint density at radius 2 is 1.70 bits per heavy atom. The molecule has 4 aromatic rings. The van der Waals surface area contributed by atoms with Gasteiger partial charge in [-0.1, -0.05) is 36.8 Å². The standard InChI is InChI=1S/C36H37N7O3/c1-6-25(2)22-38-35-34(26(3)37)42(28-16-18-32(19-17-28)46-31-13-8-7-9-14-31)36(45)43(35)30-12-10-11-29(21-30)41(5)33(44)20-15-27-23-40(4)24-39-27/h7-24H,6,37H2,1-5H3/b20-15+,25-22+,34-26-,38-35-. The highest BCUT2D eigenvalue weighted by Gasteiger charge is 2.42. The first-order chi connectivity index (χ1) is 22.2. The second-order valence-corrected chi connectivity index (χ2v) is 10.9. The minimum absolute atomic E-state index is 0.247. The number of hydrogen-bond donors (Lipinski definition) is 1. The molecule has 1 fully saturated rings. The number of amides is 3. The van der Waals surface area contributed by atoms with Gasteiger partial charge >= 0.3 is 6.03 Å². The number of urea groups is 1. The van der Waals surface area contributed by atoms with Gasteiger partial charge in [-0.15, -0.1) is 0 Å². The predicted octanol–water partition coefficient (Wildman–Crippen LogP) is 7.24. The molecule has 0 atom stereocenters. The molecule has 2 heterocycles. The summed E-state index contributed by atoms with van der Waals surface area (Å²) in [5, 5.41) is 0. The van der Waals surface area contributed by atoms with Crippen LogP contribution >= 0.6 is 0 Å². The molecule has 234 valence electrons. The van der Waals surface area contributed by atoms with Gasteiger partial charge in [-0.2, -0.15) is 0 Å². The molecule has 0 unspecified atom stereocenters. The number of rotatable bonds is 9. The van der Waals surface area contributed by atoms with Gasteiger partial charge < -0.3 is 19.9 Å². The zero-order valence-electron chi connectivity index (χ0n) is 26.6. The Morgan fingerprint density at radius 3 is 2.35 bits per heavy atom. The Bertz CT molecular complexity index is 1850. The lowest BCUT2D eigenvalue weighted by molar-refractivity contribution is -0.113. The molecule has 1 saturated heterocycles. The van der Waals surface area contributed by atoms with Gasteiger partial charge in [0.1, 0.15) is 17.2 Å². The van der Waals surface area contributed by atoms with E-state index in [1.165, 1.54) is 15.9 Å². The number of carbonyl (C=O) groups is 2. The summed E-state index contributed by atoms with van der Waals surface area (Å²) in [5.74, 6) is 1.47. The number of nitrogens with two attached hydrogens (primary N) is 1. The van der Waals surface area contributed by atoms with Gasteiger partial charge in [-0.25, -0.2) is 19.7 Å². The van der Waals surface area contributed by atoms with Crippen molar-refractivity contribution < 1.29 is 14.3 Å². The van der Waals surface area contributed by atoms with Crippen molar-refractivity contribution >= 4 is 40.9 Å². The van der Waals surface area contributed by atoms with Crippen molar-refractivity contribution in [2.75, 3.05) is 21.7 Å². The van der Waals surface area contributed by atoms with E-state index < -0.39 is 0 Å². The molecular formula is C36H37N7O3. The Morgan fingerprint density at radius 1 is 0.978 bits per heavy atom. The summed E-state index contributed by atoms with van der Waals surface area (Å²) in [4.78, 5) is 41.0. The maximum Gasteiger partial charge on any atom is 0.339 e. The van der Waals surface area contributed by atoms with Gasteiger partial charge in [-0.05, 0) is 80.9 Å². The molecular weight excluding hydrogens is 578 g/mol. The topological polar surface area (TPSA) is 109 Å². The van der Waals surface area contributed by atoms with E-state index in [-0.39, 0.29) is 11.9 Å². The number of amidine groups is 1. The zero-order chi connectivity index (χ0) is 32.8. The van der Waals surface area contributed by atoms with Crippen LogP contribution in [0.4, 0.5) is 21.9 Å². The van der Waals surface area contributed by atoms with E-state index in [2.05, 4.69) is 4.98 Å². The van der Waals surface area contributed by atoms with E-state index in [1.54, 1.807) is 67.8 Å². The minimum atomic E-state index is -0.362. The number of carbonyl (C=O) groups excluding carboxylic acids is 2. The predicted molar refractivity (Wildman–Crippen MR) is 184 cm³/mol. The maximum absolute atomic E-state index is 14.3. The van der Waals surface area contributed by atoms with Gasteiger partial charge in [0.25, 0.3) is 5.91 Å². The molecule has 0 aliphatic carbocycles. The number of para-hydroxylation sites is 1. The number of aromatic nitrogens is 2. The maximum atomic E-state index is 14.3. The van der Waals surface area contributed by atoms with E-state index in [4.69, 9.17) is 15.5 Å². The third kappa shape index (κ3) is 6.91. The first-order valence-corrected chi connectivity index (χ1v) is 14.9. The number of aliphatic imine (C=N–C) groups is 1. The number of nitrogens with zero attached hydrogens (tertiary/aromatic N) is 6. The lowest BCUT2D eigenvalue weighted by Gasteiger charge is -2.21. The van der Waals surface area contributed by atoms with Crippen molar-refractivity contribution in [3.63, 3.8) is 0 Å². The molecule has 1 aliphatic heterocycles. The van der Waals surface area contributed by atoms with Crippen LogP contribution in [0.1, 0.15) is 32.9 Å². The van der Waals surface area contributed by atoms with E-state index >= 15 is 0 Å². The van der Waals surface area contributed by atoms with Crippen LogP contribution in [0.3, 0.4) is 0 Å². The number of ether oxygens (including phenoxy) is 1.